The summed E-state index contributed by atoms with van der Waals surface area (Å²) in [6.45, 7) is 13.7. The molecule has 0 unspecified atom stereocenters. The molecular formula is C16H27N3O2. The van der Waals surface area contributed by atoms with Gasteiger partial charge in [-0.3, -0.25) is 0 Å². The molecule has 5 nitrogen and oxygen atoms in total. The van der Waals surface area contributed by atoms with Crippen LogP contribution < -0.4 is 0 Å². The van der Waals surface area contributed by atoms with E-state index in [9.17, 15) is 4.79 Å². The fourth-order valence-corrected chi connectivity index (χ4v) is 2.42. The molecule has 0 N–H and O–H groups in total. The Hall–Kier alpha value is -1.52. The fraction of sp³-hybridized carbons (Fsp3) is 0.750. The Labute approximate surface area is 127 Å². The largest absolute Gasteiger partial charge is 0.444 e. The van der Waals surface area contributed by atoms with Gasteiger partial charge < -0.3 is 14.2 Å². The molecule has 1 aromatic rings. The normalized spacial score (nSPS) is 16.8. The smallest absolute Gasteiger partial charge is 0.410 e. The van der Waals surface area contributed by atoms with Gasteiger partial charge in [-0.2, -0.15) is 0 Å². The van der Waals surface area contributed by atoms with E-state index in [4.69, 9.17) is 4.74 Å². The first-order valence-corrected chi connectivity index (χ1v) is 7.64. The van der Waals surface area contributed by atoms with E-state index in [0.717, 1.165) is 6.42 Å². The molecule has 0 atom stereocenters. The molecule has 1 aliphatic rings. The van der Waals surface area contributed by atoms with Crippen LogP contribution in [-0.2, 0) is 10.3 Å². The number of amides is 1. The summed E-state index contributed by atoms with van der Waals surface area (Å²) in [6.07, 6.45) is 4.64. The third-order valence-corrected chi connectivity index (χ3v) is 4.14. The minimum atomic E-state index is -0.436. The van der Waals surface area contributed by atoms with Gasteiger partial charge in [0, 0.05) is 36.4 Å². The molecule has 0 spiro atoms. The Balaban J connectivity index is 2.00. The zero-order valence-corrected chi connectivity index (χ0v) is 14.0. The number of hydrogen-bond donors (Lipinski definition) is 0. The molecule has 0 aliphatic carbocycles. The van der Waals surface area contributed by atoms with Gasteiger partial charge in [0.25, 0.3) is 0 Å². The van der Waals surface area contributed by atoms with Crippen molar-refractivity contribution in [3.05, 3.63) is 18.2 Å². The summed E-state index contributed by atoms with van der Waals surface area (Å²) in [6, 6.07) is 0. The number of rotatable bonds is 3. The van der Waals surface area contributed by atoms with Crippen LogP contribution in [0.4, 0.5) is 4.79 Å². The van der Waals surface area contributed by atoms with Gasteiger partial charge in [-0.1, -0.05) is 6.92 Å². The van der Waals surface area contributed by atoms with Crippen LogP contribution in [-0.4, -0.2) is 39.2 Å². The second kappa shape index (κ2) is 5.35. The lowest BCUT2D eigenvalue weighted by molar-refractivity contribution is 0.00730. The molecule has 1 amide bonds. The highest BCUT2D eigenvalue weighted by atomic mass is 16.6. The van der Waals surface area contributed by atoms with Gasteiger partial charge in [0.1, 0.15) is 5.60 Å². The third-order valence-electron chi connectivity index (χ3n) is 4.14. The first-order chi connectivity index (χ1) is 9.64. The summed E-state index contributed by atoms with van der Waals surface area (Å²) in [5, 5.41) is 0. The Kier molecular flexibility index (Phi) is 4.04. The molecule has 0 bridgehead atoms. The van der Waals surface area contributed by atoms with Crippen LogP contribution in [0.15, 0.2) is 12.5 Å². The monoisotopic (exact) mass is 293 g/mol. The number of hydrogen-bond acceptors (Lipinski definition) is 3. The van der Waals surface area contributed by atoms with E-state index in [1.165, 1.54) is 5.69 Å². The van der Waals surface area contributed by atoms with E-state index in [1.807, 2.05) is 33.3 Å². The molecular weight excluding hydrogens is 266 g/mol. The summed E-state index contributed by atoms with van der Waals surface area (Å²) < 4.78 is 7.63. The van der Waals surface area contributed by atoms with E-state index in [2.05, 4.69) is 30.3 Å². The topological polar surface area (TPSA) is 47.4 Å². The molecule has 1 aliphatic heterocycles. The molecule has 5 heteroatoms. The second-order valence-corrected chi connectivity index (χ2v) is 7.44. The van der Waals surface area contributed by atoms with E-state index in [0.29, 0.717) is 19.0 Å². The molecule has 0 aromatic carbocycles. The van der Waals surface area contributed by atoms with Gasteiger partial charge in [0.05, 0.1) is 6.33 Å². The van der Waals surface area contributed by atoms with Crippen molar-refractivity contribution in [3.8, 4) is 0 Å². The number of aromatic nitrogens is 2. The predicted molar refractivity (Wildman–Crippen MR) is 82.4 cm³/mol. The first-order valence-electron chi connectivity index (χ1n) is 7.64. The average molecular weight is 293 g/mol. The van der Waals surface area contributed by atoms with Crippen LogP contribution in [0, 0.1) is 0 Å². The number of carbonyl (C=O) groups is 1. The Morgan fingerprint density at radius 2 is 1.95 bits per heavy atom. The van der Waals surface area contributed by atoms with Crippen molar-refractivity contribution >= 4 is 6.09 Å². The summed E-state index contributed by atoms with van der Waals surface area (Å²) in [7, 11) is 0. The summed E-state index contributed by atoms with van der Waals surface area (Å²) in [5.74, 6) is 0.353. The van der Waals surface area contributed by atoms with Crippen molar-refractivity contribution in [3.63, 3.8) is 0 Å². The molecule has 1 saturated heterocycles. The van der Waals surface area contributed by atoms with Crippen molar-refractivity contribution in [2.45, 2.75) is 65.0 Å². The van der Waals surface area contributed by atoms with Crippen molar-refractivity contribution < 1.29 is 9.53 Å². The Morgan fingerprint density at radius 1 is 1.33 bits per heavy atom. The van der Waals surface area contributed by atoms with Crippen LogP contribution >= 0.6 is 0 Å². The minimum Gasteiger partial charge on any atom is -0.444 e. The van der Waals surface area contributed by atoms with Crippen LogP contribution in [0.2, 0.25) is 0 Å². The average Bonchev–Trinajstić information content (AvgIpc) is 2.74. The first kappa shape index (κ1) is 15.9. The molecule has 0 radical (unpaired) electrons. The number of imidazole rings is 1. The number of likely N-dealkylation sites (tertiary alicyclic amines) is 1. The zero-order valence-electron chi connectivity index (χ0n) is 14.0. The Morgan fingerprint density at radius 3 is 2.48 bits per heavy atom. The standard InChI is InChI=1S/C16H27N3O2/c1-7-16(5,6)19-11-17-8-13(19)12-9-18(10-12)14(20)21-15(2,3)4/h8,11-12H,7,9-10H2,1-6H3. The van der Waals surface area contributed by atoms with Gasteiger partial charge in [0.15, 0.2) is 0 Å². The number of ether oxygens (including phenoxy) is 1. The number of nitrogens with zero attached hydrogens (tertiary/aromatic N) is 3. The van der Waals surface area contributed by atoms with Crippen molar-refractivity contribution in [1.82, 2.24) is 14.5 Å². The van der Waals surface area contributed by atoms with E-state index < -0.39 is 5.60 Å². The van der Waals surface area contributed by atoms with Gasteiger partial charge in [-0.15, -0.1) is 0 Å². The van der Waals surface area contributed by atoms with Crippen molar-refractivity contribution in [2.75, 3.05) is 13.1 Å². The summed E-state index contributed by atoms with van der Waals surface area (Å²) in [5.41, 5.74) is 0.827. The maximum Gasteiger partial charge on any atom is 0.410 e. The Bertz CT molecular complexity index is 508. The maximum atomic E-state index is 12.0. The minimum absolute atomic E-state index is 0.0537. The van der Waals surface area contributed by atoms with Crippen molar-refractivity contribution in [1.29, 1.82) is 0 Å². The lowest BCUT2D eigenvalue weighted by Crippen LogP contribution is -2.51. The van der Waals surface area contributed by atoms with E-state index in [-0.39, 0.29) is 11.6 Å². The molecule has 21 heavy (non-hydrogen) atoms. The molecule has 2 rings (SSSR count). The highest BCUT2D eigenvalue weighted by Crippen LogP contribution is 2.32. The quantitative estimate of drug-likeness (QED) is 0.858. The molecule has 1 fully saturated rings. The van der Waals surface area contributed by atoms with Gasteiger partial charge in [0.2, 0.25) is 0 Å². The lowest BCUT2D eigenvalue weighted by atomic mass is 9.94. The predicted octanol–water partition coefficient (Wildman–Crippen LogP) is 3.36. The van der Waals surface area contributed by atoms with Crippen LogP contribution in [0.1, 0.15) is 59.6 Å². The number of carbonyl (C=O) groups excluding carboxylic acids is 1. The highest BCUT2D eigenvalue weighted by molar-refractivity contribution is 5.69. The second-order valence-electron chi connectivity index (χ2n) is 7.44. The summed E-state index contributed by atoms with van der Waals surface area (Å²) >= 11 is 0. The van der Waals surface area contributed by atoms with Gasteiger partial charge in [-0.25, -0.2) is 9.78 Å². The molecule has 2 heterocycles. The maximum absolute atomic E-state index is 12.0. The molecule has 0 saturated carbocycles. The molecule has 118 valence electrons. The van der Waals surface area contributed by atoms with Crippen LogP contribution in [0.3, 0.4) is 0 Å². The zero-order chi connectivity index (χ0) is 15.8. The van der Waals surface area contributed by atoms with E-state index in [1.54, 1.807) is 4.90 Å². The van der Waals surface area contributed by atoms with Crippen LogP contribution in [0.5, 0.6) is 0 Å². The highest BCUT2D eigenvalue weighted by Gasteiger charge is 2.37. The fourth-order valence-electron chi connectivity index (χ4n) is 2.42. The molecule has 1 aromatic heterocycles. The SMILES string of the molecule is CCC(C)(C)n1cncc1C1CN(C(=O)OC(C)(C)C)C1. The van der Waals surface area contributed by atoms with Gasteiger partial charge in [-0.05, 0) is 41.0 Å². The van der Waals surface area contributed by atoms with E-state index >= 15 is 0 Å². The van der Waals surface area contributed by atoms with Crippen molar-refractivity contribution in [2.24, 2.45) is 0 Å². The summed E-state index contributed by atoms with van der Waals surface area (Å²) in [4.78, 5) is 18.0. The third kappa shape index (κ3) is 3.39. The lowest BCUT2D eigenvalue weighted by Gasteiger charge is -2.41. The van der Waals surface area contributed by atoms with Gasteiger partial charge >= 0.3 is 6.09 Å². The van der Waals surface area contributed by atoms with Crippen LogP contribution in [0.25, 0.3) is 0 Å².